The van der Waals surface area contributed by atoms with Crippen molar-refractivity contribution in [3.8, 4) is 0 Å². The summed E-state index contributed by atoms with van der Waals surface area (Å²) in [5, 5.41) is 30.1. The number of aliphatic hydroxyl groups is 2. The zero-order valence-electron chi connectivity index (χ0n) is 20.0. The topological polar surface area (TPSA) is 98.1 Å². The molecule has 0 saturated carbocycles. The van der Waals surface area contributed by atoms with Crippen LogP contribution in [0.25, 0.3) is 0 Å². The van der Waals surface area contributed by atoms with E-state index in [2.05, 4.69) is 0 Å². The molecule has 0 saturated heterocycles. The minimum absolute atomic E-state index is 0.0730. The average molecular weight is 560 g/mol. The van der Waals surface area contributed by atoms with Gasteiger partial charge in [0.25, 0.3) is 11.7 Å². The molecule has 0 bridgehead atoms. The van der Waals surface area contributed by atoms with Gasteiger partial charge in [-0.25, -0.2) is 0 Å². The molecule has 0 unspecified atom stereocenters. The van der Waals surface area contributed by atoms with E-state index in [0.29, 0.717) is 26.7 Å². The molecule has 6 nitrogen and oxygen atoms in total. The predicted octanol–water partition coefficient (Wildman–Crippen LogP) is 5.86. The first-order chi connectivity index (χ1) is 17.2. The van der Waals surface area contributed by atoms with Crippen LogP contribution >= 0.6 is 23.2 Å². The van der Waals surface area contributed by atoms with E-state index in [1.807, 2.05) is 0 Å². The van der Waals surface area contributed by atoms with E-state index in [9.17, 15) is 38.1 Å². The Labute approximate surface area is 221 Å². The molecule has 0 spiro atoms. The van der Waals surface area contributed by atoms with Gasteiger partial charge in [-0.15, -0.1) is 0 Å². The highest BCUT2D eigenvalue weighted by atomic mass is 35.5. The third-order valence-electron chi connectivity index (χ3n) is 6.64. The first-order valence-electron chi connectivity index (χ1n) is 11.4. The maximum atomic E-state index is 13.8. The summed E-state index contributed by atoms with van der Waals surface area (Å²) in [5.74, 6) is -6.85. The quantitative estimate of drug-likeness (QED) is 0.352. The first-order valence-corrected chi connectivity index (χ1v) is 12.2. The number of hydrogen-bond acceptors (Lipinski definition) is 4. The Morgan fingerprint density at radius 1 is 1.05 bits per heavy atom. The van der Waals surface area contributed by atoms with Crippen LogP contribution in [0.4, 0.5) is 13.2 Å². The fourth-order valence-corrected chi connectivity index (χ4v) is 5.15. The zero-order valence-corrected chi connectivity index (χ0v) is 21.5. The Bertz CT molecular complexity index is 1200. The van der Waals surface area contributed by atoms with Crippen molar-refractivity contribution in [1.82, 2.24) is 4.90 Å². The fourth-order valence-electron chi connectivity index (χ4n) is 4.82. The summed E-state index contributed by atoms with van der Waals surface area (Å²) in [6.45, 7) is 3.13. The van der Waals surface area contributed by atoms with Gasteiger partial charge in [0.1, 0.15) is 0 Å². The molecule has 200 valence electrons. The lowest BCUT2D eigenvalue weighted by atomic mass is 9.74. The van der Waals surface area contributed by atoms with Crippen molar-refractivity contribution in [1.29, 1.82) is 0 Å². The Kier molecular flexibility index (Phi) is 8.64. The van der Waals surface area contributed by atoms with Gasteiger partial charge in [0.15, 0.2) is 0 Å². The van der Waals surface area contributed by atoms with Crippen LogP contribution in [-0.2, 0) is 9.59 Å². The molecule has 0 fully saturated rings. The third kappa shape index (κ3) is 6.12. The number of hydrogen-bond donors (Lipinski definition) is 3. The summed E-state index contributed by atoms with van der Waals surface area (Å²) in [7, 11) is 0. The maximum Gasteiger partial charge on any atom is 0.442 e. The molecule has 37 heavy (non-hydrogen) atoms. The van der Waals surface area contributed by atoms with E-state index < -0.39 is 54.7 Å². The summed E-state index contributed by atoms with van der Waals surface area (Å²) in [5.41, 5.74) is 1.46. The molecule has 3 N–H and O–H groups in total. The second kappa shape index (κ2) is 11.0. The van der Waals surface area contributed by atoms with Crippen LogP contribution in [0.15, 0.2) is 59.7 Å². The van der Waals surface area contributed by atoms with Crippen LogP contribution in [0, 0.1) is 0 Å². The summed E-state index contributed by atoms with van der Waals surface area (Å²) in [6.07, 6.45) is -7.34. The molecule has 1 heterocycles. The lowest BCUT2D eigenvalue weighted by molar-refractivity contribution is -0.354. The molecule has 3 atom stereocenters. The van der Waals surface area contributed by atoms with Crippen LogP contribution in [0.2, 0.25) is 10.0 Å². The van der Waals surface area contributed by atoms with Gasteiger partial charge in [0.05, 0.1) is 12.5 Å². The molecule has 1 amide bonds. The van der Waals surface area contributed by atoms with E-state index in [1.54, 1.807) is 55.5 Å². The Hall–Kier alpha value is -2.59. The van der Waals surface area contributed by atoms with Crippen LogP contribution < -0.4 is 0 Å². The van der Waals surface area contributed by atoms with E-state index in [-0.39, 0.29) is 12.0 Å². The van der Waals surface area contributed by atoms with Crippen molar-refractivity contribution < 1.29 is 38.1 Å². The zero-order chi connectivity index (χ0) is 27.7. The number of rotatable bonds is 8. The Morgan fingerprint density at radius 2 is 1.68 bits per heavy atom. The largest absolute Gasteiger partial charge is 0.481 e. The van der Waals surface area contributed by atoms with Gasteiger partial charge in [-0.3, -0.25) is 9.59 Å². The van der Waals surface area contributed by atoms with Gasteiger partial charge in [0, 0.05) is 34.0 Å². The highest BCUT2D eigenvalue weighted by molar-refractivity contribution is 6.30. The number of halogens is 5. The van der Waals surface area contributed by atoms with Crippen molar-refractivity contribution in [2.24, 2.45) is 0 Å². The van der Waals surface area contributed by atoms with Crippen molar-refractivity contribution in [2.75, 3.05) is 0 Å². The molecule has 3 rings (SSSR count). The molecule has 11 heteroatoms. The number of carboxylic acid groups (broad SMARTS) is 1. The standard InChI is InChI=1S/C26H26Cl2F3NO5/c1-3-19(13-25(36,37)26(29,30)31)32-23(15-7-9-17(27)10-8-15)22(16-5-4-6-18(28)11-16)14(2)20(24(32)35)12-21(33)34/h4-11,19,22-23,36-37H,3,12-13H2,1-2H3,(H,33,34)/t19-,22+,23+/m0/s1. The average Bonchev–Trinajstić information content (AvgIpc) is 2.80. The fraction of sp³-hybridized carbons (Fsp3) is 0.385. The molecule has 2 aromatic carbocycles. The minimum Gasteiger partial charge on any atom is -0.481 e. The van der Waals surface area contributed by atoms with E-state index in [4.69, 9.17) is 23.2 Å². The van der Waals surface area contributed by atoms with Crippen LogP contribution in [-0.4, -0.2) is 50.1 Å². The number of nitrogens with zero attached hydrogens (tertiary/aromatic N) is 1. The number of aliphatic carboxylic acids is 1. The highest BCUT2D eigenvalue weighted by Crippen LogP contribution is 2.49. The number of alkyl halides is 3. The van der Waals surface area contributed by atoms with Gasteiger partial charge in [-0.2, -0.15) is 13.2 Å². The van der Waals surface area contributed by atoms with E-state index >= 15 is 0 Å². The minimum atomic E-state index is -5.38. The molecule has 2 aromatic rings. The summed E-state index contributed by atoms with van der Waals surface area (Å²) >= 11 is 12.3. The number of benzene rings is 2. The van der Waals surface area contributed by atoms with E-state index in [0.717, 1.165) is 4.90 Å². The number of amides is 1. The summed E-state index contributed by atoms with van der Waals surface area (Å²) in [4.78, 5) is 26.6. The first kappa shape index (κ1) is 29.0. The molecular formula is C26H26Cl2F3NO5. The molecular weight excluding hydrogens is 534 g/mol. The van der Waals surface area contributed by atoms with Gasteiger partial charge in [-0.1, -0.05) is 60.0 Å². The SMILES string of the molecule is CC[C@@H](CC(O)(O)C(F)(F)F)N1C(=O)C(CC(=O)O)=C(C)[C@H](c2cccc(Cl)c2)[C@H]1c1ccc(Cl)cc1. The number of carboxylic acids is 1. The number of carbonyl (C=O) groups is 2. The molecule has 1 aliphatic rings. The molecule has 1 aliphatic heterocycles. The van der Waals surface area contributed by atoms with Crippen molar-refractivity contribution in [2.45, 2.75) is 63.1 Å². The maximum absolute atomic E-state index is 13.8. The van der Waals surface area contributed by atoms with Gasteiger partial charge < -0.3 is 20.2 Å². The Balaban J connectivity index is 2.30. The normalized spacial score (nSPS) is 19.8. The van der Waals surface area contributed by atoms with Gasteiger partial charge in [0.2, 0.25) is 0 Å². The third-order valence-corrected chi connectivity index (χ3v) is 7.12. The highest BCUT2D eigenvalue weighted by Gasteiger charge is 2.55. The molecule has 0 radical (unpaired) electrons. The van der Waals surface area contributed by atoms with Crippen LogP contribution in [0.5, 0.6) is 0 Å². The van der Waals surface area contributed by atoms with E-state index in [1.165, 1.54) is 6.92 Å². The smallest absolute Gasteiger partial charge is 0.442 e. The van der Waals surface area contributed by atoms with Gasteiger partial charge >= 0.3 is 12.1 Å². The Morgan fingerprint density at radius 3 is 2.19 bits per heavy atom. The summed E-state index contributed by atoms with van der Waals surface area (Å²) in [6, 6.07) is 10.8. The second-order valence-electron chi connectivity index (χ2n) is 9.05. The van der Waals surface area contributed by atoms with Crippen molar-refractivity contribution in [3.63, 3.8) is 0 Å². The molecule has 0 aliphatic carbocycles. The molecule has 0 aromatic heterocycles. The number of carbonyl (C=O) groups excluding carboxylic acids is 1. The lowest BCUT2D eigenvalue weighted by Crippen LogP contribution is -2.55. The van der Waals surface area contributed by atoms with Crippen molar-refractivity contribution in [3.05, 3.63) is 80.8 Å². The summed E-state index contributed by atoms with van der Waals surface area (Å²) < 4.78 is 40.3. The monoisotopic (exact) mass is 559 g/mol. The van der Waals surface area contributed by atoms with Crippen LogP contribution in [0.3, 0.4) is 0 Å². The second-order valence-corrected chi connectivity index (χ2v) is 9.93. The lowest BCUT2D eigenvalue weighted by Gasteiger charge is -2.48. The van der Waals surface area contributed by atoms with Gasteiger partial charge in [-0.05, 0) is 48.7 Å². The van der Waals surface area contributed by atoms with Crippen molar-refractivity contribution >= 4 is 35.1 Å². The predicted molar refractivity (Wildman–Crippen MR) is 132 cm³/mol. The van der Waals surface area contributed by atoms with Crippen LogP contribution in [0.1, 0.15) is 56.2 Å².